The number of nitrogens with zero attached hydrogens (tertiary/aromatic N) is 2. The van der Waals surface area contributed by atoms with Crippen LogP contribution in [0.3, 0.4) is 0 Å². The highest BCUT2D eigenvalue weighted by Crippen LogP contribution is 2.35. The summed E-state index contributed by atoms with van der Waals surface area (Å²) in [6.45, 7) is 0. The molecule has 0 atom stereocenters. The summed E-state index contributed by atoms with van der Waals surface area (Å²) < 4.78 is 1.75. The van der Waals surface area contributed by atoms with Crippen LogP contribution in [0, 0.1) is 0 Å². The van der Waals surface area contributed by atoms with Gasteiger partial charge in [0.1, 0.15) is 5.52 Å². The first-order valence-corrected chi connectivity index (χ1v) is 6.88. The molecule has 0 N–H and O–H groups in total. The Labute approximate surface area is 126 Å². The molecule has 0 radical (unpaired) electrons. The van der Waals surface area contributed by atoms with E-state index in [0.717, 1.165) is 27.1 Å². The van der Waals surface area contributed by atoms with Crippen molar-refractivity contribution in [2.75, 3.05) is 0 Å². The zero-order chi connectivity index (χ0) is 13.6. The predicted octanol–water partition coefficient (Wildman–Crippen LogP) is 4.84. The maximum Gasteiger partial charge on any atom is 0.101 e. The van der Waals surface area contributed by atoms with Crippen LogP contribution < -0.4 is 0 Å². The van der Waals surface area contributed by atoms with E-state index in [1.807, 2.05) is 37.4 Å². The molecule has 0 aliphatic carbocycles. The number of thiol groups is 1. The first-order chi connectivity index (χ1) is 9.08. The van der Waals surface area contributed by atoms with Crippen molar-refractivity contribution >= 4 is 46.7 Å². The summed E-state index contributed by atoms with van der Waals surface area (Å²) in [5, 5.41) is 7.58. The smallest absolute Gasteiger partial charge is 0.101 e. The summed E-state index contributed by atoms with van der Waals surface area (Å²) in [5.74, 6) is 0. The minimum atomic E-state index is 0.617. The number of aromatic nitrogens is 2. The Morgan fingerprint density at radius 3 is 2.63 bits per heavy atom. The lowest BCUT2D eigenvalue weighted by molar-refractivity contribution is 0.712. The van der Waals surface area contributed by atoms with Gasteiger partial charge in [-0.1, -0.05) is 47.5 Å². The minimum Gasteiger partial charge on any atom is -0.261 e. The van der Waals surface area contributed by atoms with Crippen molar-refractivity contribution in [3.63, 3.8) is 0 Å². The van der Waals surface area contributed by atoms with Crippen LogP contribution in [-0.2, 0) is 7.05 Å². The molecule has 5 heteroatoms. The van der Waals surface area contributed by atoms with E-state index in [4.69, 9.17) is 23.2 Å². The summed E-state index contributed by atoms with van der Waals surface area (Å²) in [6.07, 6.45) is 0. The highest BCUT2D eigenvalue weighted by atomic mass is 35.5. The van der Waals surface area contributed by atoms with Crippen molar-refractivity contribution in [2.24, 2.45) is 7.05 Å². The van der Waals surface area contributed by atoms with Crippen LogP contribution in [0.15, 0.2) is 41.4 Å². The van der Waals surface area contributed by atoms with E-state index in [2.05, 4.69) is 17.7 Å². The third kappa shape index (κ3) is 2.12. The molecule has 0 bridgehead atoms. The Balaban J connectivity index is 2.33. The van der Waals surface area contributed by atoms with Gasteiger partial charge in [0.05, 0.1) is 5.03 Å². The fourth-order valence-electron chi connectivity index (χ4n) is 2.13. The Morgan fingerprint density at radius 2 is 1.89 bits per heavy atom. The molecule has 2 aromatic carbocycles. The molecular weight excluding hydrogens is 299 g/mol. The van der Waals surface area contributed by atoms with Crippen LogP contribution >= 0.6 is 35.8 Å². The molecule has 19 heavy (non-hydrogen) atoms. The molecule has 96 valence electrons. The van der Waals surface area contributed by atoms with Gasteiger partial charge in [0.2, 0.25) is 0 Å². The first-order valence-electron chi connectivity index (χ1n) is 5.68. The first kappa shape index (κ1) is 12.9. The van der Waals surface area contributed by atoms with Crippen LogP contribution in [0.1, 0.15) is 0 Å². The van der Waals surface area contributed by atoms with E-state index in [0.29, 0.717) is 10.0 Å². The van der Waals surface area contributed by atoms with Crippen molar-refractivity contribution in [2.45, 2.75) is 5.03 Å². The SMILES string of the molecule is Cn1nc2c(-c3ccc(Cl)cc3Cl)cccc2c1S. The van der Waals surface area contributed by atoms with Crippen LogP contribution in [0.5, 0.6) is 0 Å². The lowest BCUT2D eigenvalue weighted by atomic mass is 10.0. The van der Waals surface area contributed by atoms with Crippen molar-refractivity contribution in [1.29, 1.82) is 0 Å². The number of hydrogen-bond donors (Lipinski definition) is 1. The van der Waals surface area contributed by atoms with E-state index < -0.39 is 0 Å². The zero-order valence-corrected chi connectivity index (χ0v) is 12.5. The van der Waals surface area contributed by atoms with Crippen LogP contribution in [0.2, 0.25) is 10.0 Å². The number of aryl methyl sites for hydroxylation is 1. The summed E-state index contributed by atoms with van der Waals surface area (Å²) in [7, 11) is 1.87. The van der Waals surface area contributed by atoms with Gasteiger partial charge in [0, 0.05) is 33.6 Å². The van der Waals surface area contributed by atoms with Crippen molar-refractivity contribution in [3.8, 4) is 11.1 Å². The molecule has 0 aliphatic rings. The summed E-state index contributed by atoms with van der Waals surface area (Å²) in [5.41, 5.74) is 2.79. The van der Waals surface area contributed by atoms with Gasteiger partial charge in [-0.15, -0.1) is 12.6 Å². The molecule has 0 fully saturated rings. The third-order valence-electron chi connectivity index (χ3n) is 3.05. The molecule has 2 nitrogen and oxygen atoms in total. The van der Waals surface area contributed by atoms with E-state index in [1.54, 1.807) is 10.7 Å². The molecular formula is C14H10Cl2N2S. The second-order valence-corrected chi connectivity index (χ2v) is 5.54. The fraction of sp³-hybridized carbons (Fsp3) is 0.0714. The molecule has 0 saturated carbocycles. The average molecular weight is 309 g/mol. The van der Waals surface area contributed by atoms with Gasteiger partial charge in [-0.25, -0.2) is 0 Å². The summed E-state index contributed by atoms with van der Waals surface area (Å²) >= 11 is 16.7. The highest BCUT2D eigenvalue weighted by Gasteiger charge is 2.13. The number of fused-ring (bicyclic) bond motifs is 1. The van der Waals surface area contributed by atoms with Crippen LogP contribution in [-0.4, -0.2) is 9.78 Å². The van der Waals surface area contributed by atoms with Gasteiger partial charge in [0.15, 0.2) is 0 Å². The van der Waals surface area contributed by atoms with Crippen molar-refractivity contribution in [1.82, 2.24) is 9.78 Å². The molecule has 0 unspecified atom stereocenters. The third-order valence-corrected chi connectivity index (χ3v) is 4.13. The number of hydrogen-bond acceptors (Lipinski definition) is 2. The molecule has 1 heterocycles. The maximum absolute atomic E-state index is 6.27. The van der Waals surface area contributed by atoms with Crippen LogP contribution in [0.4, 0.5) is 0 Å². The predicted molar refractivity (Wildman–Crippen MR) is 83.4 cm³/mol. The lowest BCUT2D eigenvalue weighted by Gasteiger charge is -2.05. The van der Waals surface area contributed by atoms with Gasteiger partial charge in [-0.2, -0.15) is 5.10 Å². The summed E-state index contributed by atoms with van der Waals surface area (Å²) in [6, 6.07) is 11.4. The molecule has 0 amide bonds. The van der Waals surface area contributed by atoms with Gasteiger partial charge < -0.3 is 0 Å². The Kier molecular flexibility index (Phi) is 3.21. The van der Waals surface area contributed by atoms with Gasteiger partial charge in [0.25, 0.3) is 0 Å². The van der Waals surface area contributed by atoms with Gasteiger partial charge in [-0.3, -0.25) is 4.68 Å². The average Bonchev–Trinajstić information content (AvgIpc) is 2.66. The Bertz CT molecular complexity index is 780. The maximum atomic E-state index is 6.27. The molecule has 0 spiro atoms. The molecule has 0 saturated heterocycles. The largest absolute Gasteiger partial charge is 0.261 e. The zero-order valence-electron chi connectivity index (χ0n) is 10.1. The minimum absolute atomic E-state index is 0.617. The summed E-state index contributed by atoms with van der Waals surface area (Å²) in [4.78, 5) is 0. The monoisotopic (exact) mass is 308 g/mol. The van der Waals surface area contributed by atoms with E-state index >= 15 is 0 Å². The van der Waals surface area contributed by atoms with E-state index in [-0.39, 0.29) is 0 Å². The van der Waals surface area contributed by atoms with Gasteiger partial charge in [-0.05, 0) is 12.1 Å². The van der Waals surface area contributed by atoms with E-state index in [1.165, 1.54) is 0 Å². The van der Waals surface area contributed by atoms with Crippen LogP contribution in [0.25, 0.3) is 22.0 Å². The number of halogens is 2. The van der Waals surface area contributed by atoms with Crippen molar-refractivity contribution < 1.29 is 0 Å². The number of rotatable bonds is 1. The van der Waals surface area contributed by atoms with Crippen molar-refractivity contribution in [3.05, 3.63) is 46.4 Å². The Morgan fingerprint density at radius 1 is 1.11 bits per heavy atom. The second-order valence-electron chi connectivity index (χ2n) is 4.27. The fourth-order valence-corrected chi connectivity index (χ4v) is 2.86. The topological polar surface area (TPSA) is 17.8 Å². The quantitative estimate of drug-likeness (QED) is 0.637. The van der Waals surface area contributed by atoms with Gasteiger partial charge >= 0.3 is 0 Å². The highest BCUT2D eigenvalue weighted by molar-refractivity contribution is 7.80. The van der Waals surface area contributed by atoms with E-state index in [9.17, 15) is 0 Å². The normalized spacial score (nSPS) is 11.2. The standard InChI is InChI=1S/C14H10Cl2N2S/c1-18-14(19)11-4-2-3-10(13(11)17-18)9-6-5-8(15)7-12(9)16/h2-7,19H,1H3. The molecule has 1 aromatic heterocycles. The Hall–Kier alpha value is -1.16. The molecule has 3 rings (SSSR count). The molecule has 3 aromatic rings. The molecule has 0 aliphatic heterocycles. The lowest BCUT2D eigenvalue weighted by Crippen LogP contribution is -1.89. The second kappa shape index (κ2) is 4.75. The number of benzene rings is 2.